The summed E-state index contributed by atoms with van der Waals surface area (Å²) in [4.78, 5) is 0. The molecule has 0 aromatic heterocycles. The van der Waals surface area contributed by atoms with E-state index in [1.807, 2.05) is 0 Å². The van der Waals surface area contributed by atoms with Crippen LogP contribution in [0.25, 0.3) is 6.08 Å². The summed E-state index contributed by atoms with van der Waals surface area (Å²) < 4.78 is 0. The minimum atomic E-state index is 0.141. The van der Waals surface area contributed by atoms with Crippen molar-refractivity contribution in [3.05, 3.63) is 118 Å². The van der Waals surface area contributed by atoms with Gasteiger partial charge in [-0.05, 0) is 90.6 Å². The third-order valence-corrected chi connectivity index (χ3v) is 13.3. The van der Waals surface area contributed by atoms with Crippen LogP contribution in [0.2, 0.25) is 0 Å². The molecule has 2 heteroatoms. The Morgan fingerprint density at radius 3 is 1.08 bits per heavy atom. The van der Waals surface area contributed by atoms with E-state index in [1.165, 1.54) is 245 Å². The van der Waals surface area contributed by atoms with E-state index in [0.29, 0.717) is 0 Å². The molecule has 3 aromatic carbocycles. The number of anilines is 1. The largest absolute Gasteiger partial charge is 0.298 e. The molecule has 1 atom stereocenters. The number of aryl methyl sites for hydroxylation is 3. The molecule has 338 valence electrons. The van der Waals surface area contributed by atoms with Crippen molar-refractivity contribution in [1.82, 2.24) is 5.43 Å². The molecule has 1 aliphatic rings. The third kappa shape index (κ3) is 22.1. The van der Waals surface area contributed by atoms with E-state index < -0.39 is 0 Å². The molecule has 2 nitrogen and oxygen atoms in total. The first-order valence-corrected chi connectivity index (χ1v) is 26.4. The molecule has 0 saturated heterocycles. The maximum absolute atomic E-state index is 3.80. The minimum Gasteiger partial charge on any atom is -0.298 e. The first-order chi connectivity index (χ1) is 30.2. The van der Waals surface area contributed by atoms with Crippen molar-refractivity contribution >= 4 is 11.8 Å². The van der Waals surface area contributed by atoms with Crippen molar-refractivity contribution in [2.75, 3.05) is 5.01 Å². The van der Waals surface area contributed by atoms with Crippen LogP contribution in [0.3, 0.4) is 0 Å². The first kappa shape index (κ1) is 50.4. The second-order valence-corrected chi connectivity index (χ2v) is 18.8. The summed E-state index contributed by atoms with van der Waals surface area (Å²) in [5, 5.41) is 2.37. The zero-order chi connectivity index (χ0) is 42.8. The van der Waals surface area contributed by atoms with Gasteiger partial charge in [0.2, 0.25) is 0 Å². The van der Waals surface area contributed by atoms with Crippen LogP contribution in [0.15, 0.2) is 90.6 Å². The van der Waals surface area contributed by atoms with Gasteiger partial charge in [0.25, 0.3) is 0 Å². The Hall–Kier alpha value is -3.26. The average Bonchev–Trinajstić information content (AvgIpc) is 3.72. The summed E-state index contributed by atoms with van der Waals surface area (Å²) in [7, 11) is 0. The second kappa shape index (κ2) is 33.3. The number of hydrogen-bond acceptors (Lipinski definition) is 2. The quantitative estimate of drug-likeness (QED) is 0.0583. The molecule has 61 heavy (non-hydrogen) atoms. The van der Waals surface area contributed by atoms with Crippen LogP contribution in [0, 0.1) is 0 Å². The zero-order valence-electron chi connectivity index (χ0n) is 40.0. The van der Waals surface area contributed by atoms with Gasteiger partial charge in [0.05, 0.1) is 17.4 Å². The van der Waals surface area contributed by atoms with Gasteiger partial charge in [0.15, 0.2) is 0 Å². The summed E-state index contributed by atoms with van der Waals surface area (Å²) in [5.41, 5.74) is 13.2. The molecule has 3 aromatic rings. The summed E-state index contributed by atoms with van der Waals surface area (Å²) in [6, 6.07) is 28.3. The molecule has 0 bridgehead atoms. The molecule has 1 heterocycles. The van der Waals surface area contributed by atoms with E-state index in [-0.39, 0.29) is 6.04 Å². The van der Waals surface area contributed by atoms with Crippen LogP contribution in [-0.4, -0.2) is 0 Å². The standard InChI is InChI=1S/C59H92N2/c1-4-7-10-13-16-19-22-25-28-31-34-52-37-39-55(40-38-52)43-48-57-51-59(56-46-41-53(42-47-56)35-32-29-26-23-20-17-14-11-8-5-2)61(60-57)58-49-44-54(45-50-58)36-33-30-27-24-21-18-15-12-9-6-3/h37-51,59-60H,4-36H2,1-3H3. The lowest BCUT2D eigenvalue weighted by atomic mass is 10.00. The molecule has 1 unspecified atom stereocenters. The minimum absolute atomic E-state index is 0.141. The lowest BCUT2D eigenvalue weighted by Crippen LogP contribution is -2.34. The highest BCUT2D eigenvalue weighted by molar-refractivity contribution is 5.58. The average molecular weight is 829 g/mol. The highest BCUT2D eigenvalue weighted by atomic mass is 15.5. The van der Waals surface area contributed by atoms with E-state index in [4.69, 9.17) is 0 Å². The van der Waals surface area contributed by atoms with Crippen LogP contribution < -0.4 is 10.4 Å². The molecule has 0 aliphatic carbocycles. The summed E-state index contributed by atoms with van der Waals surface area (Å²) >= 11 is 0. The smallest absolute Gasteiger partial charge is 0.0958 e. The van der Waals surface area contributed by atoms with Gasteiger partial charge >= 0.3 is 0 Å². The highest BCUT2D eigenvalue weighted by Crippen LogP contribution is 2.33. The van der Waals surface area contributed by atoms with Gasteiger partial charge in [-0.15, -0.1) is 0 Å². The third-order valence-electron chi connectivity index (χ3n) is 13.3. The number of benzene rings is 3. The Labute approximate surface area is 377 Å². The molecule has 0 fully saturated rings. The highest BCUT2D eigenvalue weighted by Gasteiger charge is 2.25. The number of nitrogens with one attached hydrogen (secondary N) is 1. The number of unbranched alkanes of at least 4 members (excludes halogenated alkanes) is 27. The predicted molar refractivity (Wildman–Crippen MR) is 271 cm³/mol. The number of nitrogens with zero attached hydrogens (tertiary/aromatic N) is 1. The van der Waals surface area contributed by atoms with E-state index in [2.05, 4.69) is 122 Å². The fourth-order valence-electron chi connectivity index (χ4n) is 9.19. The van der Waals surface area contributed by atoms with Crippen LogP contribution in [0.1, 0.15) is 247 Å². The molecule has 0 saturated carbocycles. The van der Waals surface area contributed by atoms with Crippen LogP contribution in [-0.2, 0) is 19.3 Å². The maximum Gasteiger partial charge on any atom is 0.0958 e. The fraction of sp³-hybridized carbons (Fsp3) is 0.627. The van der Waals surface area contributed by atoms with Crippen molar-refractivity contribution in [2.45, 2.75) is 239 Å². The number of hydrogen-bond donors (Lipinski definition) is 1. The molecule has 4 rings (SSSR count). The van der Waals surface area contributed by atoms with Crippen molar-refractivity contribution in [3.8, 4) is 0 Å². The monoisotopic (exact) mass is 829 g/mol. The van der Waals surface area contributed by atoms with Gasteiger partial charge in [-0.1, -0.05) is 261 Å². The van der Waals surface area contributed by atoms with Crippen molar-refractivity contribution in [2.24, 2.45) is 0 Å². The normalized spacial score (nSPS) is 14.0. The topological polar surface area (TPSA) is 15.3 Å². The van der Waals surface area contributed by atoms with Gasteiger partial charge in [0.1, 0.15) is 0 Å². The van der Waals surface area contributed by atoms with Gasteiger partial charge in [-0.3, -0.25) is 10.4 Å². The lowest BCUT2D eigenvalue weighted by molar-refractivity contribution is 0.556. The van der Waals surface area contributed by atoms with Gasteiger partial charge in [-0.25, -0.2) is 0 Å². The maximum atomic E-state index is 3.80. The van der Waals surface area contributed by atoms with Crippen molar-refractivity contribution in [3.63, 3.8) is 0 Å². The van der Waals surface area contributed by atoms with E-state index in [9.17, 15) is 0 Å². The van der Waals surface area contributed by atoms with Crippen molar-refractivity contribution < 1.29 is 0 Å². The Kier molecular flexibility index (Phi) is 27.5. The predicted octanol–water partition coefficient (Wildman–Crippen LogP) is 18.7. The summed E-state index contributed by atoms with van der Waals surface area (Å²) in [5.74, 6) is 0. The van der Waals surface area contributed by atoms with Crippen LogP contribution in [0.4, 0.5) is 5.69 Å². The summed E-state index contributed by atoms with van der Waals surface area (Å²) in [6.07, 6.45) is 52.2. The first-order valence-electron chi connectivity index (χ1n) is 26.4. The Balaban J connectivity index is 1.27. The van der Waals surface area contributed by atoms with Gasteiger partial charge < -0.3 is 0 Å². The van der Waals surface area contributed by atoms with E-state index in [0.717, 1.165) is 5.70 Å². The Morgan fingerprint density at radius 1 is 0.377 bits per heavy atom. The van der Waals surface area contributed by atoms with Crippen LogP contribution in [0.5, 0.6) is 0 Å². The molecule has 1 aliphatic heterocycles. The molecule has 0 spiro atoms. The molecule has 1 N–H and O–H groups in total. The second-order valence-electron chi connectivity index (χ2n) is 18.8. The molecule has 0 radical (unpaired) electrons. The number of hydrazine groups is 1. The number of rotatable bonds is 37. The van der Waals surface area contributed by atoms with E-state index in [1.54, 1.807) is 0 Å². The fourth-order valence-corrected chi connectivity index (χ4v) is 9.19. The lowest BCUT2D eigenvalue weighted by Gasteiger charge is -2.28. The van der Waals surface area contributed by atoms with Gasteiger partial charge in [0, 0.05) is 0 Å². The summed E-state index contributed by atoms with van der Waals surface area (Å²) in [6.45, 7) is 6.91. The number of allylic oxidation sites excluding steroid dienone is 1. The Morgan fingerprint density at radius 2 is 0.705 bits per heavy atom. The van der Waals surface area contributed by atoms with Crippen molar-refractivity contribution in [1.29, 1.82) is 0 Å². The zero-order valence-corrected chi connectivity index (χ0v) is 40.0. The van der Waals surface area contributed by atoms with Gasteiger partial charge in [-0.2, -0.15) is 0 Å². The molecular formula is C59H92N2. The molecule has 0 amide bonds. The van der Waals surface area contributed by atoms with Crippen LogP contribution >= 0.6 is 0 Å². The Bertz CT molecular complexity index is 1530. The SMILES string of the molecule is CCCCCCCCCCCCc1ccc(C=CC2=CC(c3ccc(CCCCCCCCCCCC)cc3)N(c3ccc(CCCCCCCCCCCC)cc3)N2)cc1. The van der Waals surface area contributed by atoms with E-state index >= 15 is 0 Å². The molecular weight excluding hydrogens is 737 g/mol.